The van der Waals surface area contributed by atoms with Crippen LogP contribution in [0, 0.1) is 0 Å². The van der Waals surface area contributed by atoms with Crippen LogP contribution in [0.3, 0.4) is 0 Å². The van der Waals surface area contributed by atoms with Crippen molar-refractivity contribution in [1.29, 1.82) is 0 Å². The molecular weight excluding hydrogens is 252 g/mol. The standard InChI is InChI=1S/C12H10N2O3S/c1-17-8-3-2-4-9(7-8)18-11-10(12(15)16)5-6-13-14-11/h2-7H,1H3,(H,15,16). The van der Waals surface area contributed by atoms with E-state index in [-0.39, 0.29) is 5.56 Å². The van der Waals surface area contributed by atoms with Crippen LogP contribution >= 0.6 is 11.8 Å². The monoisotopic (exact) mass is 262 g/mol. The molecule has 0 radical (unpaired) electrons. The fraction of sp³-hybridized carbons (Fsp3) is 0.0833. The van der Waals surface area contributed by atoms with Crippen LogP contribution in [-0.4, -0.2) is 28.4 Å². The molecule has 1 N–H and O–H groups in total. The van der Waals surface area contributed by atoms with E-state index in [2.05, 4.69) is 10.2 Å². The van der Waals surface area contributed by atoms with Crippen molar-refractivity contribution >= 4 is 17.7 Å². The molecule has 1 heterocycles. The van der Waals surface area contributed by atoms with Crippen LogP contribution in [0.25, 0.3) is 0 Å². The summed E-state index contributed by atoms with van der Waals surface area (Å²) in [4.78, 5) is 11.9. The minimum absolute atomic E-state index is 0.137. The molecule has 0 saturated carbocycles. The molecule has 6 heteroatoms. The molecule has 0 aliphatic carbocycles. The molecule has 0 unspecified atom stereocenters. The highest BCUT2D eigenvalue weighted by Gasteiger charge is 2.12. The molecule has 0 spiro atoms. The molecule has 2 rings (SSSR count). The van der Waals surface area contributed by atoms with Crippen molar-refractivity contribution in [1.82, 2.24) is 10.2 Å². The molecule has 0 atom stereocenters. The second-order valence-corrected chi connectivity index (χ2v) is 4.40. The van der Waals surface area contributed by atoms with Gasteiger partial charge in [-0.1, -0.05) is 17.8 Å². The molecular formula is C12H10N2O3S. The largest absolute Gasteiger partial charge is 0.497 e. The number of hydrogen-bond donors (Lipinski definition) is 1. The van der Waals surface area contributed by atoms with Crippen molar-refractivity contribution in [2.24, 2.45) is 0 Å². The molecule has 92 valence electrons. The maximum Gasteiger partial charge on any atom is 0.338 e. The Labute approximate surface area is 108 Å². The van der Waals surface area contributed by atoms with Gasteiger partial charge in [0.05, 0.1) is 18.9 Å². The van der Waals surface area contributed by atoms with E-state index in [9.17, 15) is 4.79 Å². The van der Waals surface area contributed by atoms with Crippen molar-refractivity contribution < 1.29 is 14.6 Å². The zero-order valence-electron chi connectivity index (χ0n) is 9.53. The van der Waals surface area contributed by atoms with E-state index in [0.717, 1.165) is 4.90 Å². The quantitative estimate of drug-likeness (QED) is 0.911. The number of aromatic carboxylic acids is 1. The number of methoxy groups -OCH3 is 1. The predicted octanol–water partition coefficient (Wildman–Crippen LogP) is 2.33. The number of rotatable bonds is 4. The molecule has 1 aromatic heterocycles. The molecule has 18 heavy (non-hydrogen) atoms. The number of hydrogen-bond acceptors (Lipinski definition) is 5. The smallest absolute Gasteiger partial charge is 0.338 e. The molecule has 0 fully saturated rings. The summed E-state index contributed by atoms with van der Waals surface area (Å²) in [6, 6.07) is 8.74. The van der Waals surface area contributed by atoms with Crippen LogP contribution in [0.5, 0.6) is 5.75 Å². The van der Waals surface area contributed by atoms with E-state index in [1.807, 2.05) is 24.3 Å². The van der Waals surface area contributed by atoms with E-state index < -0.39 is 5.97 Å². The van der Waals surface area contributed by atoms with Gasteiger partial charge in [-0.2, -0.15) is 5.10 Å². The van der Waals surface area contributed by atoms with Crippen molar-refractivity contribution in [3.8, 4) is 5.75 Å². The Kier molecular flexibility index (Phi) is 3.78. The molecule has 0 aliphatic heterocycles. The van der Waals surface area contributed by atoms with Gasteiger partial charge in [0.25, 0.3) is 0 Å². The fourth-order valence-corrected chi connectivity index (χ4v) is 2.23. The number of carbonyl (C=O) groups is 1. The number of benzene rings is 1. The van der Waals surface area contributed by atoms with E-state index >= 15 is 0 Å². The van der Waals surface area contributed by atoms with E-state index in [0.29, 0.717) is 10.8 Å². The summed E-state index contributed by atoms with van der Waals surface area (Å²) in [5, 5.41) is 16.9. The van der Waals surface area contributed by atoms with Crippen molar-refractivity contribution in [2.75, 3.05) is 7.11 Å². The summed E-state index contributed by atoms with van der Waals surface area (Å²) < 4.78 is 5.10. The van der Waals surface area contributed by atoms with Gasteiger partial charge in [-0.3, -0.25) is 0 Å². The Morgan fingerprint density at radius 2 is 2.22 bits per heavy atom. The highest BCUT2D eigenvalue weighted by molar-refractivity contribution is 7.99. The summed E-state index contributed by atoms with van der Waals surface area (Å²) in [6.45, 7) is 0. The summed E-state index contributed by atoms with van der Waals surface area (Å²) in [5.41, 5.74) is 0.137. The second-order valence-electron chi connectivity index (χ2n) is 3.34. The van der Waals surface area contributed by atoms with E-state index in [1.165, 1.54) is 24.0 Å². The van der Waals surface area contributed by atoms with Crippen molar-refractivity contribution in [3.63, 3.8) is 0 Å². The Morgan fingerprint density at radius 3 is 2.94 bits per heavy atom. The lowest BCUT2D eigenvalue weighted by molar-refractivity contribution is 0.0692. The van der Waals surface area contributed by atoms with Crippen molar-refractivity contribution in [2.45, 2.75) is 9.92 Å². The number of carboxylic acids is 1. The minimum Gasteiger partial charge on any atom is -0.497 e. The van der Waals surface area contributed by atoms with Gasteiger partial charge in [-0.05, 0) is 24.3 Å². The van der Waals surface area contributed by atoms with Gasteiger partial charge in [-0.25, -0.2) is 4.79 Å². The van der Waals surface area contributed by atoms with E-state index in [1.54, 1.807) is 7.11 Å². The first kappa shape index (κ1) is 12.4. The molecule has 2 aromatic rings. The van der Waals surface area contributed by atoms with Crippen LogP contribution in [0.15, 0.2) is 46.5 Å². The maximum atomic E-state index is 11.0. The first-order valence-corrected chi connectivity index (χ1v) is 5.89. The van der Waals surface area contributed by atoms with Gasteiger partial charge in [0.15, 0.2) is 0 Å². The summed E-state index contributed by atoms with van der Waals surface area (Å²) in [5.74, 6) is -0.309. The minimum atomic E-state index is -1.02. The zero-order valence-corrected chi connectivity index (χ0v) is 10.3. The lowest BCUT2D eigenvalue weighted by Gasteiger charge is -2.05. The van der Waals surface area contributed by atoms with Crippen LogP contribution in [-0.2, 0) is 0 Å². The van der Waals surface area contributed by atoms with Gasteiger partial charge in [0, 0.05) is 4.90 Å². The predicted molar refractivity (Wildman–Crippen MR) is 66.1 cm³/mol. The SMILES string of the molecule is COc1cccc(Sc2nnccc2C(=O)O)c1. The third kappa shape index (κ3) is 2.78. The fourth-order valence-electron chi connectivity index (χ4n) is 1.33. The average Bonchev–Trinajstić information content (AvgIpc) is 2.39. The third-order valence-corrected chi connectivity index (χ3v) is 3.16. The first-order valence-electron chi connectivity index (χ1n) is 5.07. The van der Waals surface area contributed by atoms with Crippen LogP contribution in [0.1, 0.15) is 10.4 Å². The molecule has 0 aliphatic rings. The Hall–Kier alpha value is -2.08. The topological polar surface area (TPSA) is 72.3 Å². The van der Waals surface area contributed by atoms with Crippen LogP contribution < -0.4 is 4.74 Å². The average molecular weight is 262 g/mol. The number of nitrogens with zero attached hydrogens (tertiary/aromatic N) is 2. The Balaban J connectivity index is 2.31. The summed E-state index contributed by atoms with van der Waals surface area (Å²) >= 11 is 1.24. The Bertz CT molecular complexity index is 575. The van der Waals surface area contributed by atoms with Gasteiger partial charge in [0.2, 0.25) is 0 Å². The van der Waals surface area contributed by atoms with Gasteiger partial charge in [0.1, 0.15) is 10.8 Å². The summed E-state index contributed by atoms with van der Waals surface area (Å²) in [7, 11) is 1.58. The molecule has 1 aromatic carbocycles. The molecule has 0 saturated heterocycles. The van der Waals surface area contributed by atoms with Gasteiger partial charge in [-0.15, -0.1) is 5.10 Å². The van der Waals surface area contributed by atoms with Crippen LogP contribution in [0.2, 0.25) is 0 Å². The second kappa shape index (κ2) is 5.50. The molecule has 0 bridgehead atoms. The number of carboxylic acid groups (broad SMARTS) is 1. The molecule has 0 amide bonds. The number of ether oxygens (including phenoxy) is 1. The Morgan fingerprint density at radius 1 is 1.39 bits per heavy atom. The summed E-state index contributed by atoms with van der Waals surface area (Å²) in [6.07, 6.45) is 1.36. The normalized spacial score (nSPS) is 10.1. The number of aromatic nitrogens is 2. The zero-order chi connectivity index (χ0) is 13.0. The molecule has 5 nitrogen and oxygen atoms in total. The lowest BCUT2D eigenvalue weighted by atomic mass is 10.3. The maximum absolute atomic E-state index is 11.0. The van der Waals surface area contributed by atoms with Gasteiger partial charge < -0.3 is 9.84 Å². The third-order valence-electron chi connectivity index (χ3n) is 2.17. The highest BCUT2D eigenvalue weighted by Crippen LogP contribution is 2.30. The lowest BCUT2D eigenvalue weighted by Crippen LogP contribution is -2.01. The first-order chi connectivity index (χ1) is 8.70. The van der Waals surface area contributed by atoms with E-state index in [4.69, 9.17) is 9.84 Å². The van der Waals surface area contributed by atoms with Gasteiger partial charge >= 0.3 is 5.97 Å². The van der Waals surface area contributed by atoms with Crippen molar-refractivity contribution in [3.05, 3.63) is 42.1 Å². The van der Waals surface area contributed by atoms with Crippen LogP contribution in [0.4, 0.5) is 0 Å². The highest BCUT2D eigenvalue weighted by atomic mass is 32.2.